The van der Waals surface area contributed by atoms with Crippen molar-refractivity contribution in [3.05, 3.63) is 159 Å². The zero-order valence-corrected chi connectivity index (χ0v) is 27.3. The van der Waals surface area contributed by atoms with E-state index in [0.717, 1.165) is 16.7 Å². The van der Waals surface area contributed by atoms with Gasteiger partial charge in [-0.15, -0.1) is 11.3 Å². The highest BCUT2D eigenvalue weighted by Gasteiger charge is 2.52. The molecule has 1 heterocycles. The van der Waals surface area contributed by atoms with E-state index in [9.17, 15) is 19.7 Å². The van der Waals surface area contributed by atoms with E-state index in [4.69, 9.17) is 19.3 Å². The fraction of sp³-hybridized carbons (Fsp3) is 0.189. The van der Waals surface area contributed by atoms with Gasteiger partial charge in [0.1, 0.15) is 29.9 Å². The van der Waals surface area contributed by atoms with E-state index in [-0.39, 0.29) is 30.3 Å². The number of nitrogens with one attached hydrogen (secondary N) is 1. The minimum Gasteiger partial charge on any atom is -0.468 e. The Morgan fingerprint density at radius 1 is 0.898 bits per heavy atom. The van der Waals surface area contributed by atoms with Gasteiger partial charge in [-0.2, -0.15) is 0 Å². The summed E-state index contributed by atoms with van der Waals surface area (Å²) in [6.45, 7) is -0.247. The average molecular weight is 677 g/mol. The molecule has 0 spiro atoms. The maximum Gasteiger partial charge on any atom is 0.363 e. The second kappa shape index (κ2) is 14.5. The number of anilines is 1. The second-order valence-electron chi connectivity index (χ2n) is 11.5. The van der Waals surface area contributed by atoms with Crippen molar-refractivity contribution < 1.29 is 28.8 Å². The Kier molecular flexibility index (Phi) is 9.77. The zero-order chi connectivity index (χ0) is 34.3. The Morgan fingerprint density at radius 3 is 1.94 bits per heavy atom. The number of non-ortho nitro benzene ring substituents is 1. The molecule has 0 aliphatic heterocycles. The molecule has 1 aliphatic carbocycles. The molecule has 0 amide bonds. The first-order valence-corrected chi connectivity index (χ1v) is 16.3. The van der Waals surface area contributed by atoms with Crippen LogP contribution in [0.25, 0.3) is 0 Å². The van der Waals surface area contributed by atoms with Crippen LogP contribution in [0.5, 0.6) is 0 Å². The zero-order valence-electron chi connectivity index (χ0n) is 26.5. The molecule has 6 rings (SSSR count). The number of esters is 2. The van der Waals surface area contributed by atoms with E-state index in [2.05, 4.69) is 10.5 Å². The summed E-state index contributed by atoms with van der Waals surface area (Å²) in [7, 11) is 1.32. The molecule has 1 saturated carbocycles. The number of ether oxygens (including phenoxy) is 2. The van der Waals surface area contributed by atoms with Crippen LogP contribution in [0.1, 0.15) is 40.8 Å². The molecule has 0 bridgehead atoms. The standard InChI is InChI=1S/C37H32N4O7S/c1-46-34(43)36(21-22-36)25-48-40-32(33(42)47-23-26-17-19-30(20-18-26)41(44)45)31-24-49-35(38-31)39-37(27-11-5-2-6-12-27,28-13-7-3-8-14-28)29-15-9-4-10-16-29/h2-20,24H,21-23,25H2,1H3,(H,38,39)/b40-32-. The molecule has 11 nitrogen and oxygen atoms in total. The summed E-state index contributed by atoms with van der Waals surface area (Å²) in [6.07, 6.45) is 1.17. The lowest BCUT2D eigenvalue weighted by Crippen LogP contribution is -2.38. The number of carbonyl (C=O) groups is 2. The van der Waals surface area contributed by atoms with Gasteiger partial charge in [0.2, 0.25) is 5.71 Å². The maximum atomic E-state index is 13.5. The van der Waals surface area contributed by atoms with Crippen molar-refractivity contribution in [1.29, 1.82) is 0 Å². The highest BCUT2D eigenvalue weighted by atomic mass is 32.1. The number of rotatable bonds is 14. The summed E-state index contributed by atoms with van der Waals surface area (Å²) in [5.74, 6) is -1.22. The maximum absolute atomic E-state index is 13.5. The molecule has 12 heteroatoms. The monoisotopic (exact) mass is 676 g/mol. The van der Waals surface area contributed by atoms with Gasteiger partial charge in [-0.1, -0.05) is 96.2 Å². The van der Waals surface area contributed by atoms with Crippen LogP contribution in [0.4, 0.5) is 10.8 Å². The highest BCUT2D eigenvalue weighted by molar-refractivity contribution is 7.14. The number of hydrogen-bond acceptors (Lipinski definition) is 11. The van der Waals surface area contributed by atoms with Crippen molar-refractivity contribution in [2.75, 3.05) is 19.0 Å². The Hall–Kier alpha value is -5.88. The van der Waals surface area contributed by atoms with E-state index < -0.39 is 27.8 Å². The van der Waals surface area contributed by atoms with Crippen molar-refractivity contribution in [1.82, 2.24) is 4.98 Å². The summed E-state index contributed by atoms with van der Waals surface area (Å²) in [5.41, 5.74) is 1.73. The van der Waals surface area contributed by atoms with Gasteiger partial charge < -0.3 is 19.6 Å². The van der Waals surface area contributed by atoms with Crippen molar-refractivity contribution in [3.63, 3.8) is 0 Å². The predicted octanol–water partition coefficient (Wildman–Crippen LogP) is 6.87. The molecule has 0 saturated heterocycles. The van der Waals surface area contributed by atoms with Crippen LogP contribution in [0.2, 0.25) is 0 Å². The van der Waals surface area contributed by atoms with Crippen LogP contribution in [-0.2, 0) is 36.0 Å². The third kappa shape index (κ3) is 7.19. The molecule has 0 radical (unpaired) electrons. The molecule has 49 heavy (non-hydrogen) atoms. The topological polar surface area (TPSA) is 142 Å². The number of benzene rings is 4. The summed E-state index contributed by atoms with van der Waals surface area (Å²) >= 11 is 1.28. The van der Waals surface area contributed by atoms with Gasteiger partial charge in [-0.3, -0.25) is 14.9 Å². The summed E-state index contributed by atoms with van der Waals surface area (Å²) in [4.78, 5) is 46.7. The van der Waals surface area contributed by atoms with Crippen molar-refractivity contribution in [2.24, 2.45) is 10.6 Å². The van der Waals surface area contributed by atoms with Crippen LogP contribution in [-0.4, -0.2) is 41.3 Å². The van der Waals surface area contributed by atoms with E-state index >= 15 is 0 Å². The normalized spacial score (nSPS) is 13.6. The minimum absolute atomic E-state index is 0.0762. The first-order valence-electron chi connectivity index (χ1n) is 15.4. The Bertz CT molecular complexity index is 1850. The SMILES string of the molecule is COC(=O)C1(CO/N=C(\C(=O)OCc2ccc([N+](=O)[O-])cc2)c2csc(NC(c3ccccc3)(c3ccccc3)c3ccccc3)n2)CC1. The first kappa shape index (κ1) is 33.0. The van der Waals surface area contributed by atoms with Gasteiger partial charge in [0.25, 0.3) is 5.69 Å². The number of methoxy groups -OCH3 is 1. The van der Waals surface area contributed by atoms with Gasteiger partial charge in [0.15, 0.2) is 5.13 Å². The second-order valence-corrected chi connectivity index (χ2v) is 12.4. The Labute approximate surface area is 286 Å². The molecule has 248 valence electrons. The lowest BCUT2D eigenvalue weighted by Gasteiger charge is -2.36. The highest BCUT2D eigenvalue weighted by Crippen LogP contribution is 2.47. The van der Waals surface area contributed by atoms with Crippen molar-refractivity contribution >= 4 is 39.8 Å². The summed E-state index contributed by atoms with van der Waals surface area (Å²) in [6, 6.07) is 35.7. The lowest BCUT2D eigenvalue weighted by atomic mass is 9.77. The van der Waals surface area contributed by atoms with Crippen LogP contribution in [0.3, 0.4) is 0 Å². The fourth-order valence-electron chi connectivity index (χ4n) is 5.50. The number of nitrogens with zero attached hydrogens (tertiary/aromatic N) is 3. The van der Waals surface area contributed by atoms with Gasteiger partial charge >= 0.3 is 11.9 Å². The number of nitro benzene ring substituents is 1. The third-order valence-corrected chi connectivity index (χ3v) is 9.10. The smallest absolute Gasteiger partial charge is 0.363 e. The molecule has 1 fully saturated rings. The quantitative estimate of drug-likeness (QED) is 0.0438. The number of hydrogen-bond donors (Lipinski definition) is 1. The van der Waals surface area contributed by atoms with Gasteiger partial charge in [0.05, 0.1) is 12.0 Å². The number of carbonyl (C=O) groups excluding carboxylic acids is 2. The largest absolute Gasteiger partial charge is 0.468 e. The van der Waals surface area contributed by atoms with Gasteiger partial charge in [-0.05, 0) is 47.2 Å². The van der Waals surface area contributed by atoms with Crippen LogP contribution in [0.15, 0.2) is 126 Å². The van der Waals surface area contributed by atoms with E-state index in [1.807, 2.05) is 91.0 Å². The minimum atomic E-state index is -0.859. The number of aromatic nitrogens is 1. The van der Waals surface area contributed by atoms with Crippen molar-refractivity contribution in [2.45, 2.75) is 25.0 Å². The van der Waals surface area contributed by atoms with Crippen LogP contribution in [0, 0.1) is 15.5 Å². The van der Waals surface area contributed by atoms with E-state index in [1.165, 1.54) is 42.7 Å². The number of thiazole rings is 1. The Balaban J connectivity index is 1.33. The summed E-state index contributed by atoms with van der Waals surface area (Å²) < 4.78 is 10.5. The van der Waals surface area contributed by atoms with E-state index in [0.29, 0.717) is 23.5 Å². The lowest BCUT2D eigenvalue weighted by molar-refractivity contribution is -0.384. The molecule has 1 N–H and O–H groups in total. The Morgan fingerprint density at radius 2 is 1.45 bits per heavy atom. The molecule has 1 aromatic heterocycles. The molecular formula is C37H32N4O7S. The fourth-order valence-corrected chi connectivity index (χ4v) is 6.25. The van der Waals surface area contributed by atoms with Crippen molar-refractivity contribution in [3.8, 4) is 0 Å². The molecule has 5 aromatic rings. The average Bonchev–Trinajstić information content (AvgIpc) is 3.81. The molecule has 0 unspecified atom stereocenters. The third-order valence-electron chi connectivity index (χ3n) is 8.34. The van der Waals surface area contributed by atoms with E-state index in [1.54, 1.807) is 5.38 Å². The summed E-state index contributed by atoms with van der Waals surface area (Å²) in [5, 5.41) is 21.0. The molecule has 0 atom stereocenters. The number of nitro groups is 1. The van der Waals surface area contributed by atoms with Crippen LogP contribution >= 0.6 is 11.3 Å². The molecular weight excluding hydrogens is 644 g/mol. The molecule has 4 aromatic carbocycles. The molecule has 1 aliphatic rings. The predicted molar refractivity (Wildman–Crippen MR) is 184 cm³/mol. The van der Waals surface area contributed by atoms with Gasteiger partial charge in [-0.25, -0.2) is 9.78 Å². The first-order chi connectivity index (χ1) is 23.8. The van der Waals surface area contributed by atoms with Gasteiger partial charge in [0, 0.05) is 17.5 Å². The van der Waals surface area contributed by atoms with Crippen LogP contribution < -0.4 is 5.32 Å². The number of oxime groups is 1.